The molecule has 0 unspecified atom stereocenters. The van der Waals surface area contributed by atoms with Gasteiger partial charge in [0.1, 0.15) is 5.82 Å². The lowest BCUT2D eigenvalue weighted by molar-refractivity contribution is 0.0980. The molecular weight excluding hydrogens is 424 g/mol. The number of aromatic nitrogens is 4. The number of anilines is 2. The van der Waals surface area contributed by atoms with Crippen LogP contribution in [-0.2, 0) is 13.6 Å². The molecule has 2 heterocycles. The Morgan fingerprint density at radius 1 is 1.18 bits per heavy atom. The van der Waals surface area contributed by atoms with E-state index in [9.17, 15) is 19.2 Å². The van der Waals surface area contributed by atoms with Crippen molar-refractivity contribution < 1.29 is 4.79 Å². The molecule has 10 heteroatoms. The fourth-order valence-electron chi connectivity index (χ4n) is 3.66. The van der Waals surface area contributed by atoms with Gasteiger partial charge in [-0.15, -0.1) is 0 Å². The highest BCUT2D eigenvalue weighted by Crippen LogP contribution is 2.23. The number of unbranched alkanes of at least 4 members (excludes halogenated alkanes) is 1. The van der Waals surface area contributed by atoms with Crippen molar-refractivity contribution in [3.8, 4) is 0 Å². The Morgan fingerprint density at radius 2 is 1.85 bits per heavy atom. The van der Waals surface area contributed by atoms with Crippen LogP contribution in [0.15, 0.2) is 38.6 Å². The molecule has 3 rings (SSSR count). The summed E-state index contributed by atoms with van der Waals surface area (Å²) in [6, 6.07) is 6.69. The second-order valence-electron chi connectivity index (χ2n) is 8.46. The number of hydrogen-bond donors (Lipinski definition) is 2. The maximum Gasteiger partial charge on any atom is 0.330 e. The molecule has 1 aromatic carbocycles. The number of nitrogen functional groups attached to an aromatic ring is 1. The molecule has 0 bridgehead atoms. The number of aryl methyl sites for hydroxylation is 1. The van der Waals surface area contributed by atoms with Gasteiger partial charge in [-0.3, -0.25) is 28.8 Å². The average Bonchev–Trinajstić information content (AvgIpc) is 2.77. The first-order valence-corrected chi connectivity index (χ1v) is 11.1. The number of hydrogen-bond acceptors (Lipinski definition) is 6. The Balaban J connectivity index is 2.24. The molecule has 0 saturated carbocycles. The number of amides is 1. The minimum Gasteiger partial charge on any atom is -0.383 e. The van der Waals surface area contributed by atoms with E-state index in [4.69, 9.17) is 5.73 Å². The van der Waals surface area contributed by atoms with Gasteiger partial charge in [0.25, 0.3) is 17.0 Å². The Kier molecular flexibility index (Phi) is 7.15. The molecule has 33 heavy (non-hydrogen) atoms. The Bertz CT molecular complexity index is 1350. The Morgan fingerprint density at radius 3 is 2.48 bits per heavy atom. The van der Waals surface area contributed by atoms with Crippen molar-refractivity contribution >= 4 is 28.2 Å². The fraction of sp³-hybridized carbons (Fsp3) is 0.435. The maximum atomic E-state index is 13.8. The molecule has 0 radical (unpaired) electrons. The molecule has 0 aliphatic carbocycles. The molecule has 1 amide bonds. The monoisotopic (exact) mass is 454 g/mol. The normalized spacial score (nSPS) is 11.3. The summed E-state index contributed by atoms with van der Waals surface area (Å²) in [6.45, 7) is 6.48. The summed E-state index contributed by atoms with van der Waals surface area (Å²) >= 11 is 0. The number of nitrogens with one attached hydrogen (secondary N) is 1. The van der Waals surface area contributed by atoms with E-state index in [1.54, 1.807) is 24.3 Å². The van der Waals surface area contributed by atoms with E-state index in [0.29, 0.717) is 30.2 Å². The van der Waals surface area contributed by atoms with E-state index in [1.165, 1.54) is 16.5 Å². The van der Waals surface area contributed by atoms with E-state index < -0.39 is 17.2 Å². The fourth-order valence-corrected chi connectivity index (χ4v) is 3.66. The van der Waals surface area contributed by atoms with Crippen molar-refractivity contribution in [1.29, 1.82) is 0 Å². The Labute approximate surface area is 190 Å². The van der Waals surface area contributed by atoms with Gasteiger partial charge in [-0.05, 0) is 24.8 Å². The van der Waals surface area contributed by atoms with Gasteiger partial charge in [0.15, 0.2) is 11.4 Å². The van der Waals surface area contributed by atoms with Crippen molar-refractivity contribution in [2.24, 2.45) is 13.0 Å². The predicted molar refractivity (Wildman–Crippen MR) is 129 cm³/mol. The van der Waals surface area contributed by atoms with E-state index in [2.05, 4.69) is 10.1 Å². The lowest BCUT2D eigenvalue weighted by atomic mass is 10.1. The number of H-pyrrole nitrogens is 1. The van der Waals surface area contributed by atoms with Gasteiger partial charge >= 0.3 is 5.69 Å². The van der Waals surface area contributed by atoms with Crippen molar-refractivity contribution in [2.45, 2.75) is 46.6 Å². The summed E-state index contributed by atoms with van der Waals surface area (Å²) in [6.07, 6.45) is 2.09. The summed E-state index contributed by atoms with van der Waals surface area (Å²) in [4.78, 5) is 55.1. The van der Waals surface area contributed by atoms with Gasteiger partial charge in [0.05, 0.1) is 5.39 Å². The lowest BCUT2D eigenvalue weighted by Crippen LogP contribution is -2.42. The average molecular weight is 455 g/mol. The minimum atomic E-state index is -0.739. The summed E-state index contributed by atoms with van der Waals surface area (Å²) in [7, 11) is 1.47. The van der Waals surface area contributed by atoms with Gasteiger partial charge in [-0.1, -0.05) is 45.4 Å². The van der Waals surface area contributed by atoms with Crippen LogP contribution >= 0.6 is 0 Å². The van der Waals surface area contributed by atoms with Gasteiger partial charge in [0.2, 0.25) is 0 Å². The number of aromatic amines is 1. The first-order valence-electron chi connectivity index (χ1n) is 11.1. The molecule has 0 aliphatic heterocycles. The van der Waals surface area contributed by atoms with Crippen LogP contribution in [0.3, 0.4) is 0 Å². The summed E-state index contributed by atoms with van der Waals surface area (Å²) < 4.78 is 2.38. The molecule has 10 nitrogen and oxygen atoms in total. The maximum absolute atomic E-state index is 13.8. The van der Waals surface area contributed by atoms with Crippen LogP contribution in [0.4, 0.5) is 11.5 Å². The second-order valence-corrected chi connectivity index (χ2v) is 8.46. The highest BCUT2D eigenvalue weighted by atomic mass is 16.2. The topological polar surface area (TPSA) is 136 Å². The number of benzene rings is 1. The molecule has 0 atom stereocenters. The SMILES string of the molecule is CCCCn1c(N)c(N(CCC(C)C)C(=O)c2nn(C)c(=O)c3ccccc23)c(=O)[nH]c1=O. The van der Waals surface area contributed by atoms with Crippen LogP contribution in [0.2, 0.25) is 0 Å². The van der Waals surface area contributed by atoms with E-state index in [1.807, 2.05) is 20.8 Å². The quantitative estimate of drug-likeness (QED) is 0.533. The van der Waals surface area contributed by atoms with E-state index >= 15 is 0 Å². The molecule has 3 N–H and O–H groups in total. The van der Waals surface area contributed by atoms with Crippen molar-refractivity contribution in [3.63, 3.8) is 0 Å². The van der Waals surface area contributed by atoms with Gasteiger partial charge < -0.3 is 5.73 Å². The van der Waals surface area contributed by atoms with E-state index in [0.717, 1.165) is 11.1 Å². The van der Waals surface area contributed by atoms with Crippen molar-refractivity contribution in [3.05, 3.63) is 61.2 Å². The molecule has 0 aliphatic rings. The highest BCUT2D eigenvalue weighted by molar-refractivity contribution is 6.13. The highest BCUT2D eigenvalue weighted by Gasteiger charge is 2.28. The number of carbonyl (C=O) groups is 1. The third kappa shape index (κ3) is 4.74. The zero-order chi connectivity index (χ0) is 24.3. The molecule has 3 aromatic rings. The van der Waals surface area contributed by atoms with Crippen LogP contribution in [0, 0.1) is 5.92 Å². The van der Waals surface area contributed by atoms with E-state index in [-0.39, 0.29) is 35.2 Å². The first kappa shape index (κ1) is 24.0. The predicted octanol–water partition coefficient (Wildman–Crippen LogP) is 1.86. The molecule has 0 spiro atoms. The first-order chi connectivity index (χ1) is 15.7. The second kappa shape index (κ2) is 9.85. The summed E-state index contributed by atoms with van der Waals surface area (Å²) in [5.74, 6) is -0.403. The largest absolute Gasteiger partial charge is 0.383 e. The lowest BCUT2D eigenvalue weighted by Gasteiger charge is -2.25. The molecule has 0 saturated heterocycles. The number of fused-ring (bicyclic) bond motifs is 1. The third-order valence-electron chi connectivity index (χ3n) is 5.55. The van der Waals surface area contributed by atoms with Gasteiger partial charge in [0, 0.05) is 25.5 Å². The minimum absolute atomic E-state index is 0.0292. The number of nitrogens with two attached hydrogens (primary N) is 1. The van der Waals surface area contributed by atoms with Crippen LogP contribution in [-0.4, -0.2) is 31.8 Å². The third-order valence-corrected chi connectivity index (χ3v) is 5.55. The standard InChI is InChI=1S/C23H30N6O4/c1-5-6-12-29-19(24)18(20(30)25-23(29)33)28(13-11-14(2)3)22(32)17-15-9-7-8-10-16(15)21(31)27(4)26-17/h7-10,14H,5-6,11-13,24H2,1-4H3,(H,25,30,33). The van der Waals surface area contributed by atoms with Gasteiger partial charge in [-0.25, -0.2) is 9.48 Å². The smallest absolute Gasteiger partial charge is 0.330 e. The molecule has 176 valence electrons. The van der Waals surface area contributed by atoms with Crippen molar-refractivity contribution in [1.82, 2.24) is 19.3 Å². The van der Waals surface area contributed by atoms with Gasteiger partial charge in [-0.2, -0.15) is 5.10 Å². The number of carbonyl (C=O) groups excluding carboxylic acids is 1. The zero-order valence-electron chi connectivity index (χ0n) is 19.4. The number of rotatable bonds is 8. The van der Waals surface area contributed by atoms with Crippen LogP contribution in [0.1, 0.15) is 50.5 Å². The zero-order valence-corrected chi connectivity index (χ0v) is 19.4. The summed E-state index contributed by atoms with van der Waals surface area (Å²) in [5, 5.41) is 4.94. The van der Waals surface area contributed by atoms with Crippen LogP contribution < -0.4 is 27.4 Å². The number of nitrogens with zero attached hydrogens (tertiary/aromatic N) is 4. The van der Waals surface area contributed by atoms with Crippen LogP contribution in [0.25, 0.3) is 10.8 Å². The summed E-state index contributed by atoms with van der Waals surface area (Å²) in [5.41, 5.74) is 4.55. The Hall–Kier alpha value is -3.69. The molecule has 0 fully saturated rings. The molecule has 2 aromatic heterocycles. The molecular formula is C23H30N6O4. The van der Waals surface area contributed by atoms with Crippen LogP contribution in [0.5, 0.6) is 0 Å². The van der Waals surface area contributed by atoms with Crippen molar-refractivity contribution in [2.75, 3.05) is 17.2 Å².